The van der Waals surface area contributed by atoms with Crippen LogP contribution in [0.25, 0.3) is 21.9 Å². The van der Waals surface area contributed by atoms with Crippen LogP contribution in [0, 0.1) is 17.8 Å². The Kier molecular flexibility index (Phi) is 5.32. The predicted molar refractivity (Wildman–Crippen MR) is 132 cm³/mol. The maximum absolute atomic E-state index is 12.2. The molecule has 12 heteroatoms. The molecule has 4 atom stereocenters. The van der Waals surface area contributed by atoms with Crippen molar-refractivity contribution >= 4 is 66.8 Å². The third-order valence-electron chi connectivity index (χ3n) is 6.64. The first-order valence-electron chi connectivity index (χ1n) is 10.8. The number of nitrogens with zero attached hydrogens (tertiary/aromatic N) is 4. The van der Waals surface area contributed by atoms with E-state index in [2.05, 4.69) is 53.3 Å². The lowest BCUT2D eigenvalue weighted by atomic mass is 9.88. The van der Waals surface area contributed by atoms with Crippen LogP contribution in [0.4, 0.5) is 10.8 Å². The number of aromatic amines is 1. The molecule has 2 bridgehead atoms. The van der Waals surface area contributed by atoms with Crippen LogP contribution in [0.1, 0.15) is 6.42 Å². The third-order valence-corrected chi connectivity index (χ3v) is 8.75. The van der Waals surface area contributed by atoms with Crippen LogP contribution in [-0.2, 0) is 9.53 Å². The lowest BCUT2D eigenvalue weighted by molar-refractivity contribution is -0.122. The standard InChI is InChI=1S/C21H21BrClN7O2S/c22-11-8-25-19-15(14(11)26-13-10-2-1-9(7-10)12(13)18(24)31)27-20(29-19)16-17(23)28-21(33-16)30-3-5-32-6-4-30/h1-2,8-10,12-13H,3-7H2,(H2,24,31)(H2,25,26,27,29). The van der Waals surface area contributed by atoms with Gasteiger partial charge in [0.1, 0.15) is 10.4 Å². The fraction of sp³-hybridized carbons (Fsp3) is 0.429. The molecule has 1 amide bonds. The predicted octanol–water partition coefficient (Wildman–Crippen LogP) is 3.42. The van der Waals surface area contributed by atoms with Gasteiger partial charge >= 0.3 is 0 Å². The number of primary amides is 1. The average Bonchev–Trinajstić information content (AvgIpc) is 3.58. The summed E-state index contributed by atoms with van der Waals surface area (Å²) < 4.78 is 6.22. The van der Waals surface area contributed by atoms with Crippen LogP contribution < -0.4 is 16.0 Å². The molecular formula is C21H21BrClN7O2S. The van der Waals surface area contributed by atoms with Gasteiger partial charge in [0.2, 0.25) is 5.91 Å². The molecule has 4 unspecified atom stereocenters. The zero-order valence-electron chi connectivity index (χ0n) is 17.4. The van der Waals surface area contributed by atoms with Crippen LogP contribution in [0.5, 0.6) is 0 Å². The number of amides is 1. The molecule has 3 aliphatic rings. The van der Waals surface area contributed by atoms with E-state index in [4.69, 9.17) is 27.1 Å². The van der Waals surface area contributed by atoms with Crippen molar-refractivity contribution in [3.63, 3.8) is 0 Å². The van der Waals surface area contributed by atoms with Crippen molar-refractivity contribution in [3.05, 3.63) is 28.0 Å². The summed E-state index contributed by atoms with van der Waals surface area (Å²) in [5.41, 5.74) is 7.86. The number of morpholine rings is 1. The van der Waals surface area contributed by atoms with E-state index < -0.39 is 0 Å². The Labute approximate surface area is 206 Å². The van der Waals surface area contributed by atoms with Crippen molar-refractivity contribution < 1.29 is 9.53 Å². The minimum absolute atomic E-state index is 0.0777. The van der Waals surface area contributed by atoms with Gasteiger partial charge in [-0.15, -0.1) is 0 Å². The van der Waals surface area contributed by atoms with Gasteiger partial charge in [-0.2, -0.15) is 0 Å². The van der Waals surface area contributed by atoms with Gasteiger partial charge < -0.3 is 25.7 Å². The Morgan fingerprint density at radius 1 is 1.30 bits per heavy atom. The number of hydrogen-bond acceptors (Lipinski definition) is 8. The number of anilines is 2. The molecule has 3 aromatic heterocycles. The molecule has 0 aromatic carbocycles. The normalized spacial score (nSPS) is 26.4. The van der Waals surface area contributed by atoms with Crippen LogP contribution in [0.15, 0.2) is 22.8 Å². The SMILES string of the molecule is NC(=O)C1C2C=CC(C2)C1Nc1c(Br)cnc2nc(-c3sc(N4CCOCC4)nc3Cl)[nH]c12. The van der Waals surface area contributed by atoms with Crippen molar-refractivity contribution in [3.8, 4) is 10.7 Å². The summed E-state index contributed by atoms with van der Waals surface area (Å²) in [4.78, 5) is 32.2. The minimum atomic E-state index is -0.275. The molecular weight excluding hydrogens is 530 g/mol. The molecule has 3 aromatic rings. The van der Waals surface area contributed by atoms with Crippen molar-refractivity contribution in [1.29, 1.82) is 0 Å². The van der Waals surface area contributed by atoms with Crippen LogP contribution in [0.3, 0.4) is 0 Å². The number of allylic oxidation sites excluding steroid dienone is 1. The average molecular weight is 551 g/mol. The Balaban J connectivity index is 1.36. The van der Waals surface area contributed by atoms with E-state index in [9.17, 15) is 4.79 Å². The molecule has 4 N–H and O–H groups in total. The molecule has 0 spiro atoms. The van der Waals surface area contributed by atoms with E-state index in [1.807, 2.05) is 0 Å². The lowest BCUT2D eigenvalue weighted by Gasteiger charge is -2.28. The minimum Gasteiger partial charge on any atom is -0.378 e. The molecule has 4 heterocycles. The van der Waals surface area contributed by atoms with Crippen LogP contribution in [-0.4, -0.2) is 58.2 Å². The highest BCUT2D eigenvalue weighted by Crippen LogP contribution is 2.46. The van der Waals surface area contributed by atoms with Gasteiger partial charge in [0.15, 0.2) is 21.8 Å². The Bertz CT molecular complexity index is 1270. The van der Waals surface area contributed by atoms with Gasteiger partial charge in [0.25, 0.3) is 0 Å². The summed E-state index contributed by atoms with van der Waals surface area (Å²) in [6.07, 6.45) is 6.94. The third kappa shape index (κ3) is 3.61. The van der Waals surface area contributed by atoms with E-state index in [0.717, 1.165) is 45.2 Å². The first kappa shape index (κ1) is 21.3. The number of thiazole rings is 1. The second kappa shape index (κ2) is 8.23. The smallest absolute Gasteiger partial charge is 0.223 e. The zero-order chi connectivity index (χ0) is 22.7. The fourth-order valence-corrected chi connectivity index (χ4v) is 6.79. The highest BCUT2D eigenvalue weighted by Gasteiger charge is 2.47. The van der Waals surface area contributed by atoms with E-state index in [1.165, 1.54) is 11.3 Å². The maximum atomic E-state index is 12.2. The molecule has 1 aliphatic heterocycles. The van der Waals surface area contributed by atoms with Gasteiger partial charge in [-0.05, 0) is 34.2 Å². The van der Waals surface area contributed by atoms with Crippen molar-refractivity contribution in [2.45, 2.75) is 12.5 Å². The summed E-state index contributed by atoms with van der Waals surface area (Å²) in [7, 11) is 0. The van der Waals surface area contributed by atoms with Gasteiger partial charge in [-0.3, -0.25) is 4.79 Å². The quantitative estimate of drug-likeness (QED) is 0.416. The van der Waals surface area contributed by atoms with Crippen molar-refractivity contribution in [1.82, 2.24) is 19.9 Å². The number of carbonyl (C=O) groups is 1. The zero-order valence-corrected chi connectivity index (χ0v) is 20.6. The number of ether oxygens (including phenoxy) is 1. The molecule has 0 radical (unpaired) electrons. The maximum Gasteiger partial charge on any atom is 0.223 e. The van der Waals surface area contributed by atoms with Crippen LogP contribution in [0.2, 0.25) is 5.15 Å². The molecule has 2 fully saturated rings. The number of imidazole rings is 1. The van der Waals surface area contributed by atoms with Gasteiger partial charge in [-0.25, -0.2) is 15.0 Å². The number of halogens is 2. The second-order valence-corrected chi connectivity index (χ2v) is 10.7. The van der Waals surface area contributed by atoms with E-state index >= 15 is 0 Å². The first-order chi connectivity index (χ1) is 16.0. The number of fused-ring (bicyclic) bond motifs is 3. The highest BCUT2D eigenvalue weighted by atomic mass is 79.9. The second-order valence-electron chi connectivity index (χ2n) is 8.53. The number of rotatable bonds is 5. The number of aromatic nitrogens is 4. The number of nitrogens with two attached hydrogens (primary N) is 1. The van der Waals surface area contributed by atoms with Gasteiger partial charge in [0.05, 0.1) is 29.3 Å². The number of H-pyrrole nitrogens is 1. The largest absolute Gasteiger partial charge is 0.378 e. The van der Waals surface area contributed by atoms with Crippen molar-refractivity contribution in [2.75, 3.05) is 36.5 Å². The number of hydrogen-bond donors (Lipinski definition) is 3. The number of carbonyl (C=O) groups excluding carboxylic acids is 1. The van der Waals surface area contributed by atoms with Gasteiger partial charge in [0, 0.05) is 25.3 Å². The molecule has 33 heavy (non-hydrogen) atoms. The summed E-state index contributed by atoms with van der Waals surface area (Å²) >= 11 is 11.6. The summed E-state index contributed by atoms with van der Waals surface area (Å²) in [5.74, 6) is 0.540. The molecule has 1 saturated carbocycles. The van der Waals surface area contributed by atoms with Gasteiger partial charge in [-0.1, -0.05) is 35.1 Å². The van der Waals surface area contributed by atoms with E-state index in [1.54, 1.807) is 6.20 Å². The lowest BCUT2D eigenvalue weighted by Crippen LogP contribution is -2.41. The number of pyridine rings is 1. The first-order valence-corrected chi connectivity index (χ1v) is 12.8. The molecule has 1 saturated heterocycles. The molecule has 172 valence electrons. The molecule has 6 rings (SSSR count). The van der Waals surface area contributed by atoms with E-state index in [-0.39, 0.29) is 29.7 Å². The summed E-state index contributed by atoms with van der Waals surface area (Å²) in [6, 6.07) is -0.0777. The Morgan fingerprint density at radius 2 is 2.09 bits per heavy atom. The summed E-state index contributed by atoms with van der Waals surface area (Å²) in [5, 5.41) is 4.83. The fourth-order valence-electron chi connectivity index (χ4n) is 5.08. The summed E-state index contributed by atoms with van der Waals surface area (Å²) in [6.45, 7) is 2.92. The Hall–Kier alpha value is -2.21. The topological polar surface area (TPSA) is 122 Å². The van der Waals surface area contributed by atoms with Crippen LogP contribution >= 0.6 is 38.9 Å². The molecule has 9 nitrogen and oxygen atoms in total. The number of nitrogens with one attached hydrogen (secondary N) is 2. The van der Waals surface area contributed by atoms with Crippen molar-refractivity contribution in [2.24, 2.45) is 23.5 Å². The van der Waals surface area contributed by atoms with E-state index in [0.29, 0.717) is 29.8 Å². The Morgan fingerprint density at radius 3 is 2.88 bits per heavy atom. The molecule has 2 aliphatic carbocycles. The highest BCUT2D eigenvalue weighted by molar-refractivity contribution is 9.10. The monoisotopic (exact) mass is 549 g/mol.